The molecule has 2 atom stereocenters. The molecule has 2 fully saturated rings. The van der Waals surface area contributed by atoms with Gasteiger partial charge in [0.25, 0.3) is 0 Å². The molecular weight excluding hydrogens is 268 g/mol. The van der Waals surface area contributed by atoms with E-state index in [1.807, 2.05) is 32.6 Å². The summed E-state index contributed by atoms with van der Waals surface area (Å²) in [6.07, 6.45) is 2.06. The number of carbonyl (C=O) groups is 1. The second-order valence-electron chi connectivity index (χ2n) is 7.36. The standard InChI is InChI=1S/C16H30N2O3/c1-12-9-18(10-13(2)21-12)15(19)14-5-7-17(8-6-14)11-16(3,4)20/h12-14,20H,5-11H2,1-4H3. The Morgan fingerprint density at radius 2 is 1.71 bits per heavy atom. The normalized spacial score (nSPS) is 29.7. The topological polar surface area (TPSA) is 53.0 Å². The zero-order valence-electron chi connectivity index (χ0n) is 13.8. The number of hydrogen-bond acceptors (Lipinski definition) is 4. The Kier molecular flexibility index (Phi) is 5.28. The summed E-state index contributed by atoms with van der Waals surface area (Å²) < 4.78 is 5.70. The molecule has 0 radical (unpaired) electrons. The molecule has 0 aromatic heterocycles. The van der Waals surface area contributed by atoms with Gasteiger partial charge in [0, 0.05) is 25.6 Å². The number of rotatable bonds is 3. The molecule has 2 aliphatic heterocycles. The van der Waals surface area contributed by atoms with E-state index in [1.54, 1.807) is 0 Å². The van der Waals surface area contributed by atoms with E-state index >= 15 is 0 Å². The van der Waals surface area contributed by atoms with Crippen LogP contribution in [0.1, 0.15) is 40.5 Å². The first-order valence-electron chi connectivity index (χ1n) is 8.13. The average Bonchev–Trinajstić information content (AvgIpc) is 2.35. The summed E-state index contributed by atoms with van der Waals surface area (Å²) in [4.78, 5) is 16.9. The van der Waals surface area contributed by atoms with Crippen LogP contribution < -0.4 is 0 Å². The van der Waals surface area contributed by atoms with Crippen molar-refractivity contribution in [1.29, 1.82) is 0 Å². The highest BCUT2D eigenvalue weighted by molar-refractivity contribution is 5.79. The van der Waals surface area contributed by atoms with Crippen molar-refractivity contribution in [1.82, 2.24) is 9.80 Å². The summed E-state index contributed by atoms with van der Waals surface area (Å²) in [6.45, 7) is 11.6. The average molecular weight is 298 g/mol. The van der Waals surface area contributed by atoms with Gasteiger partial charge in [-0.25, -0.2) is 0 Å². The largest absolute Gasteiger partial charge is 0.389 e. The third-order valence-electron chi connectivity index (χ3n) is 4.28. The van der Waals surface area contributed by atoms with Crippen LogP contribution in [0.4, 0.5) is 0 Å². The van der Waals surface area contributed by atoms with Crippen molar-refractivity contribution in [3.8, 4) is 0 Å². The Morgan fingerprint density at radius 3 is 2.19 bits per heavy atom. The number of ether oxygens (including phenoxy) is 1. The number of carbonyl (C=O) groups excluding carboxylic acids is 1. The predicted molar refractivity (Wildman–Crippen MR) is 82.1 cm³/mol. The summed E-state index contributed by atoms with van der Waals surface area (Å²) in [5.41, 5.74) is -0.661. The minimum absolute atomic E-state index is 0.132. The molecule has 2 rings (SSSR count). The number of amides is 1. The molecule has 5 heteroatoms. The summed E-state index contributed by atoms with van der Waals surface area (Å²) >= 11 is 0. The predicted octanol–water partition coefficient (Wildman–Crippen LogP) is 1.11. The molecule has 122 valence electrons. The van der Waals surface area contributed by atoms with E-state index in [2.05, 4.69) is 4.90 Å². The quantitative estimate of drug-likeness (QED) is 0.848. The second-order valence-corrected chi connectivity index (χ2v) is 7.36. The van der Waals surface area contributed by atoms with E-state index in [0.29, 0.717) is 25.5 Å². The van der Waals surface area contributed by atoms with Crippen molar-refractivity contribution in [2.24, 2.45) is 5.92 Å². The molecule has 5 nitrogen and oxygen atoms in total. The first kappa shape index (κ1) is 16.7. The number of aliphatic hydroxyl groups is 1. The fraction of sp³-hybridized carbons (Fsp3) is 0.938. The number of piperidine rings is 1. The van der Waals surface area contributed by atoms with Crippen LogP contribution in [-0.4, -0.2) is 71.3 Å². The Bertz CT molecular complexity index is 349. The molecule has 2 heterocycles. The lowest BCUT2D eigenvalue weighted by Gasteiger charge is -2.40. The fourth-order valence-electron chi connectivity index (χ4n) is 3.50. The van der Waals surface area contributed by atoms with Crippen LogP contribution in [0.5, 0.6) is 0 Å². The van der Waals surface area contributed by atoms with Gasteiger partial charge in [0.15, 0.2) is 0 Å². The lowest BCUT2D eigenvalue weighted by molar-refractivity contribution is -0.149. The van der Waals surface area contributed by atoms with Crippen molar-refractivity contribution in [2.75, 3.05) is 32.7 Å². The van der Waals surface area contributed by atoms with Crippen molar-refractivity contribution in [2.45, 2.75) is 58.3 Å². The van der Waals surface area contributed by atoms with Gasteiger partial charge in [-0.1, -0.05) is 0 Å². The van der Waals surface area contributed by atoms with Crippen LogP contribution >= 0.6 is 0 Å². The number of nitrogens with zero attached hydrogens (tertiary/aromatic N) is 2. The molecule has 0 bridgehead atoms. The highest BCUT2D eigenvalue weighted by atomic mass is 16.5. The maximum Gasteiger partial charge on any atom is 0.225 e. The lowest BCUT2D eigenvalue weighted by atomic mass is 9.94. The molecule has 0 spiro atoms. The third kappa shape index (κ3) is 4.94. The van der Waals surface area contributed by atoms with E-state index in [1.165, 1.54) is 0 Å². The SMILES string of the molecule is CC1CN(C(=O)C2CCN(CC(C)(C)O)CC2)CC(C)O1. The van der Waals surface area contributed by atoms with Gasteiger partial charge in [-0.2, -0.15) is 0 Å². The van der Waals surface area contributed by atoms with Gasteiger partial charge < -0.3 is 19.6 Å². The minimum Gasteiger partial charge on any atom is -0.389 e. The van der Waals surface area contributed by atoms with Crippen molar-refractivity contribution >= 4 is 5.91 Å². The molecule has 2 unspecified atom stereocenters. The lowest BCUT2D eigenvalue weighted by Crippen LogP contribution is -2.52. The molecule has 0 aromatic carbocycles. The van der Waals surface area contributed by atoms with Crippen LogP contribution in [0.25, 0.3) is 0 Å². The van der Waals surface area contributed by atoms with E-state index < -0.39 is 5.60 Å². The number of morpholine rings is 1. The van der Waals surface area contributed by atoms with Crippen LogP contribution in [0.3, 0.4) is 0 Å². The molecule has 1 amide bonds. The van der Waals surface area contributed by atoms with Crippen LogP contribution in [-0.2, 0) is 9.53 Å². The van der Waals surface area contributed by atoms with Crippen molar-refractivity contribution < 1.29 is 14.6 Å². The van der Waals surface area contributed by atoms with Crippen LogP contribution in [0, 0.1) is 5.92 Å². The molecule has 0 saturated carbocycles. The molecule has 0 aliphatic carbocycles. The molecule has 2 aliphatic rings. The number of hydrogen-bond donors (Lipinski definition) is 1. The van der Waals surface area contributed by atoms with E-state index in [9.17, 15) is 9.90 Å². The fourth-order valence-corrected chi connectivity index (χ4v) is 3.50. The number of likely N-dealkylation sites (tertiary alicyclic amines) is 1. The van der Waals surface area contributed by atoms with Gasteiger partial charge in [-0.05, 0) is 53.6 Å². The zero-order chi connectivity index (χ0) is 15.6. The summed E-state index contributed by atoms with van der Waals surface area (Å²) in [5, 5.41) is 9.88. The van der Waals surface area contributed by atoms with E-state index in [-0.39, 0.29) is 18.1 Å². The monoisotopic (exact) mass is 298 g/mol. The smallest absolute Gasteiger partial charge is 0.225 e. The summed E-state index contributed by atoms with van der Waals surface area (Å²) in [5.74, 6) is 0.431. The Balaban J connectivity index is 1.83. The van der Waals surface area contributed by atoms with E-state index in [0.717, 1.165) is 25.9 Å². The second kappa shape index (κ2) is 6.63. The summed E-state index contributed by atoms with van der Waals surface area (Å²) in [7, 11) is 0. The molecule has 0 aromatic rings. The minimum atomic E-state index is -0.661. The summed E-state index contributed by atoms with van der Waals surface area (Å²) in [6, 6.07) is 0. The molecular formula is C16H30N2O3. The van der Waals surface area contributed by atoms with E-state index in [4.69, 9.17) is 4.74 Å². The zero-order valence-corrected chi connectivity index (χ0v) is 13.8. The highest BCUT2D eigenvalue weighted by Gasteiger charge is 2.33. The van der Waals surface area contributed by atoms with Crippen LogP contribution in [0.15, 0.2) is 0 Å². The molecule has 21 heavy (non-hydrogen) atoms. The maximum atomic E-state index is 12.6. The van der Waals surface area contributed by atoms with Gasteiger partial charge >= 0.3 is 0 Å². The highest BCUT2D eigenvalue weighted by Crippen LogP contribution is 2.23. The first-order valence-corrected chi connectivity index (χ1v) is 8.13. The Labute approximate surface area is 128 Å². The van der Waals surface area contributed by atoms with Gasteiger partial charge in [-0.15, -0.1) is 0 Å². The third-order valence-corrected chi connectivity index (χ3v) is 4.28. The van der Waals surface area contributed by atoms with Crippen molar-refractivity contribution in [3.63, 3.8) is 0 Å². The van der Waals surface area contributed by atoms with Gasteiger partial charge in [0.1, 0.15) is 0 Å². The Hall–Kier alpha value is -0.650. The van der Waals surface area contributed by atoms with Crippen molar-refractivity contribution in [3.05, 3.63) is 0 Å². The van der Waals surface area contributed by atoms with Gasteiger partial charge in [0.05, 0.1) is 17.8 Å². The maximum absolute atomic E-state index is 12.6. The molecule has 2 saturated heterocycles. The first-order chi connectivity index (χ1) is 9.74. The van der Waals surface area contributed by atoms with Crippen LogP contribution in [0.2, 0.25) is 0 Å². The van der Waals surface area contributed by atoms with Gasteiger partial charge in [0.2, 0.25) is 5.91 Å². The molecule has 1 N–H and O–H groups in total. The van der Waals surface area contributed by atoms with Gasteiger partial charge in [-0.3, -0.25) is 4.79 Å². The number of β-amino-alcohol motifs (C(OH)–C–C–N with tert-alkyl or cyclic N) is 1. The Morgan fingerprint density at radius 1 is 1.19 bits per heavy atom.